The van der Waals surface area contributed by atoms with Crippen molar-refractivity contribution in [3.8, 4) is 0 Å². The average molecular weight is 331 g/mol. The molecule has 0 aromatic heterocycles. The Kier molecular flexibility index (Phi) is 5.35. The van der Waals surface area contributed by atoms with E-state index in [1.807, 2.05) is 0 Å². The molecule has 0 saturated heterocycles. The maximum absolute atomic E-state index is 11.8. The average Bonchev–Trinajstić information content (AvgIpc) is 2.89. The molecule has 9 heteroatoms. The molecule has 2 amide bonds. The first kappa shape index (κ1) is 17.3. The van der Waals surface area contributed by atoms with E-state index in [0.29, 0.717) is 23.4 Å². The standard InChI is InChI=1S/C15H17N5O4/c1-9(11-4-3-5-12(8-11)20(23)24)16-18-14(21)7-6-13-10(2)17-19-15(13)22/h3-5,8,13H,6-7H2,1-2H3,(H,18,21)(H,19,22). The number of carbonyl (C=O) groups excluding carboxylic acids is 2. The van der Waals surface area contributed by atoms with Crippen LogP contribution in [-0.4, -0.2) is 28.2 Å². The molecule has 126 valence electrons. The normalized spacial score (nSPS) is 17.2. The molecule has 1 unspecified atom stereocenters. The zero-order chi connectivity index (χ0) is 17.7. The van der Waals surface area contributed by atoms with Crippen molar-refractivity contribution in [1.29, 1.82) is 0 Å². The second-order valence-corrected chi connectivity index (χ2v) is 5.36. The molecule has 0 spiro atoms. The monoisotopic (exact) mass is 331 g/mol. The van der Waals surface area contributed by atoms with Gasteiger partial charge in [-0.3, -0.25) is 19.7 Å². The van der Waals surface area contributed by atoms with Crippen LogP contribution in [0.2, 0.25) is 0 Å². The van der Waals surface area contributed by atoms with Crippen molar-refractivity contribution in [2.75, 3.05) is 0 Å². The van der Waals surface area contributed by atoms with Gasteiger partial charge in [0.2, 0.25) is 11.8 Å². The van der Waals surface area contributed by atoms with E-state index in [2.05, 4.69) is 21.1 Å². The number of nitrogens with one attached hydrogen (secondary N) is 2. The third kappa shape index (κ3) is 4.22. The summed E-state index contributed by atoms with van der Waals surface area (Å²) in [6.07, 6.45) is 0.467. The molecule has 0 aliphatic carbocycles. The maximum atomic E-state index is 11.8. The van der Waals surface area contributed by atoms with E-state index in [9.17, 15) is 19.7 Å². The van der Waals surface area contributed by atoms with E-state index in [-0.39, 0.29) is 23.9 Å². The largest absolute Gasteiger partial charge is 0.273 e. The number of hydrogen-bond acceptors (Lipinski definition) is 6. The van der Waals surface area contributed by atoms with Crippen LogP contribution in [0.1, 0.15) is 32.3 Å². The summed E-state index contributed by atoms with van der Waals surface area (Å²) >= 11 is 0. The first-order valence-electron chi connectivity index (χ1n) is 7.30. The minimum Gasteiger partial charge on any atom is -0.273 e. The smallest absolute Gasteiger partial charge is 0.270 e. The van der Waals surface area contributed by atoms with E-state index in [1.54, 1.807) is 26.0 Å². The highest BCUT2D eigenvalue weighted by molar-refractivity contribution is 6.07. The van der Waals surface area contributed by atoms with Crippen LogP contribution in [0.3, 0.4) is 0 Å². The van der Waals surface area contributed by atoms with Gasteiger partial charge in [0.05, 0.1) is 16.6 Å². The molecule has 24 heavy (non-hydrogen) atoms. The fourth-order valence-corrected chi connectivity index (χ4v) is 2.22. The second kappa shape index (κ2) is 7.44. The quantitative estimate of drug-likeness (QED) is 0.463. The Morgan fingerprint density at radius 2 is 2.25 bits per heavy atom. The number of hydrogen-bond donors (Lipinski definition) is 2. The summed E-state index contributed by atoms with van der Waals surface area (Å²) in [5.74, 6) is -0.943. The van der Waals surface area contributed by atoms with E-state index in [4.69, 9.17) is 0 Å². The van der Waals surface area contributed by atoms with Gasteiger partial charge in [-0.1, -0.05) is 12.1 Å². The van der Waals surface area contributed by atoms with Crippen LogP contribution in [0.15, 0.2) is 34.5 Å². The van der Waals surface area contributed by atoms with Crippen molar-refractivity contribution < 1.29 is 14.5 Å². The number of amides is 2. The fourth-order valence-electron chi connectivity index (χ4n) is 2.22. The minimum atomic E-state index is -0.494. The highest BCUT2D eigenvalue weighted by atomic mass is 16.6. The topological polar surface area (TPSA) is 126 Å². The van der Waals surface area contributed by atoms with Gasteiger partial charge < -0.3 is 0 Å². The zero-order valence-corrected chi connectivity index (χ0v) is 13.3. The predicted octanol–water partition coefficient (Wildman–Crippen LogP) is 1.34. The van der Waals surface area contributed by atoms with Crippen molar-refractivity contribution in [1.82, 2.24) is 10.9 Å². The van der Waals surface area contributed by atoms with Crippen molar-refractivity contribution in [3.05, 3.63) is 39.9 Å². The molecule has 1 aromatic rings. The molecule has 1 aromatic carbocycles. The second-order valence-electron chi connectivity index (χ2n) is 5.36. The number of nitro groups is 1. The molecule has 0 bridgehead atoms. The maximum Gasteiger partial charge on any atom is 0.270 e. The molecule has 0 radical (unpaired) electrons. The minimum absolute atomic E-state index is 0.0459. The molecule has 9 nitrogen and oxygen atoms in total. The summed E-state index contributed by atoms with van der Waals surface area (Å²) in [4.78, 5) is 33.6. The van der Waals surface area contributed by atoms with Crippen molar-refractivity contribution >= 4 is 28.9 Å². The third-order valence-electron chi connectivity index (χ3n) is 3.65. The fraction of sp³-hybridized carbons (Fsp3) is 0.333. The van der Waals surface area contributed by atoms with Crippen LogP contribution in [0.4, 0.5) is 5.69 Å². The van der Waals surface area contributed by atoms with Crippen LogP contribution >= 0.6 is 0 Å². The number of non-ortho nitro benzene ring substituents is 1. The van der Waals surface area contributed by atoms with E-state index < -0.39 is 10.8 Å². The summed E-state index contributed by atoms with van der Waals surface area (Å²) in [5, 5.41) is 18.5. The van der Waals surface area contributed by atoms with Gasteiger partial charge in [0.25, 0.3) is 5.69 Å². The van der Waals surface area contributed by atoms with Crippen molar-refractivity contribution in [2.45, 2.75) is 26.7 Å². The number of nitrogens with zero attached hydrogens (tertiary/aromatic N) is 3. The molecule has 1 heterocycles. The summed E-state index contributed by atoms with van der Waals surface area (Å²) in [7, 11) is 0. The predicted molar refractivity (Wildman–Crippen MR) is 87.4 cm³/mol. The molecule has 0 fully saturated rings. The number of carbonyl (C=O) groups is 2. The molecule has 0 saturated carbocycles. The Labute approximate surface area is 138 Å². The Hall–Kier alpha value is -3.10. The van der Waals surface area contributed by atoms with Gasteiger partial charge in [0.15, 0.2) is 0 Å². The first-order valence-corrected chi connectivity index (χ1v) is 7.30. The van der Waals surface area contributed by atoms with Gasteiger partial charge in [-0.15, -0.1) is 0 Å². The lowest BCUT2D eigenvalue weighted by Gasteiger charge is -2.07. The number of benzene rings is 1. The molecule has 1 aliphatic rings. The Morgan fingerprint density at radius 1 is 1.50 bits per heavy atom. The van der Waals surface area contributed by atoms with Gasteiger partial charge in [-0.05, 0) is 20.3 Å². The number of hydrazone groups is 2. The highest BCUT2D eigenvalue weighted by Crippen LogP contribution is 2.15. The first-order chi connectivity index (χ1) is 11.4. The van der Waals surface area contributed by atoms with Crippen LogP contribution < -0.4 is 10.9 Å². The molecule has 1 atom stereocenters. The van der Waals surface area contributed by atoms with Crippen molar-refractivity contribution in [3.63, 3.8) is 0 Å². The summed E-state index contributed by atoms with van der Waals surface area (Å²) in [5.41, 5.74) is 6.36. The van der Waals surface area contributed by atoms with Gasteiger partial charge in [0, 0.05) is 29.8 Å². The summed E-state index contributed by atoms with van der Waals surface area (Å²) in [6.45, 7) is 3.37. The van der Waals surface area contributed by atoms with E-state index >= 15 is 0 Å². The molecular formula is C15H17N5O4. The van der Waals surface area contributed by atoms with E-state index in [1.165, 1.54) is 12.1 Å². The summed E-state index contributed by atoms with van der Waals surface area (Å²) in [6, 6.07) is 5.98. The van der Waals surface area contributed by atoms with Crippen LogP contribution in [-0.2, 0) is 9.59 Å². The van der Waals surface area contributed by atoms with E-state index in [0.717, 1.165) is 0 Å². The molecule has 2 rings (SSSR count). The molecule has 2 N–H and O–H groups in total. The van der Waals surface area contributed by atoms with Crippen molar-refractivity contribution in [2.24, 2.45) is 16.1 Å². The lowest BCUT2D eigenvalue weighted by molar-refractivity contribution is -0.384. The van der Waals surface area contributed by atoms with Gasteiger partial charge >= 0.3 is 0 Å². The third-order valence-corrected chi connectivity index (χ3v) is 3.65. The zero-order valence-electron chi connectivity index (χ0n) is 13.3. The lowest BCUT2D eigenvalue weighted by Crippen LogP contribution is -2.25. The van der Waals surface area contributed by atoms with Crippen LogP contribution in [0.25, 0.3) is 0 Å². The highest BCUT2D eigenvalue weighted by Gasteiger charge is 2.27. The van der Waals surface area contributed by atoms with Gasteiger partial charge in [-0.25, -0.2) is 10.9 Å². The molecular weight excluding hydrogens is 314 g/mol. The number of rotatable bonds is 6. The van der Waals surface area contributed by atoms with Gasteiger partial charge in [-0.2, -0.15) is 10.2 Å². The number of nitro benzene ring substituents is 1. The SMILES string of the molecule is CC(=NNC(=O)CCC1C(=O)NN=C1C)c1cccc([N+](=O)[O-])c1. The van der Waals surface area contributed by atoms with Crippen LogP contribution in [0, 0.1) is 16.0 Å². The van der Waals surface area contributed by atoms with Gasteiger partial charge in [0.1, 0.15) is 0 Å². The Bertz CT molecular complexity index is 741. The Morgan fingerprint density at radius 3 is 2.88 bits per heavy atom. The van der Waals surface area contributed by atoms with Crippen LogP contribution in [0.5, 0.6) is 0 Å². The Balaban J connectivity index is 1.91. The molecule has 1 aliphatic heterocycles. The summed E-state index contributed by atoms with van der Waals surface area (Å²) < 4.78 is 0. The lowest BCUT2D eigenvalue weighted by atomic mass is 9.99.